The van der Waals surface area contributed by atoms with Gasteiger partial charge < -0.3 is 20.1 Å². The van der Waals surface area contributed by atoms with Crippen LogP contribution in [0.15, 0.2) is 35.3 Å². The lowest BCUT2D eigenvalue weighted by Crippen LogP contribution is -2.58. The highest BCUT2D eigenvalue weighted by molar-refractivity contribution is 14.0. The predicted octanol–water partition coefficient (Wildman–Crippen LogP) is 3.58. The molecule has 0 spiro atoms. The van der Waals surface area contributed by atoms with Crippen molar-refractivity contribution < 1.29 is 9.47 Å². The van der Waals surface area contributed by atoms with Crippen LogP contribution in [0.4, 0.5) is 0 Å². The van der Waals surface area contributed by atoms with Gasteiger partial charge in [0.05, 0.1) is 6.10 Å². The van der Waals surface area contributed by atoms with Crippen LogP contribution in [-0.4, -0.2) is 69.4 Å². The quantitative estimate of drug-likeness (QED) is 0.221. The molecule has 6 nitrogen and oxygen atoms in total. The zero-order valence-electron chi connectivity index (χ0n) is 18.6. The van der Waals surface area contributed by atoms with E-state index in [4.69, 9.17) is 9.47 Å². The maximum Gasteiger partial charge on any atom is 0.191 e. The molecule has 2 fully saturated rings. The van der Waals surface area contributed by atoms with Crippen molar-refractivity contribution in [2.75, 3.05) is 53.0 Å². The third-order valence-corrected chi connectivity index (χ3v) is 6.26. The highest BCUT2D eigenvalue weighted by atomic mass is 127. The Balaban J connectivity index is 0.00000320. The fourth-order valence-electron chi connectivity index (χ4n) is 4.38. The molecule has 1 aromatic rings. The Morgan fingerprint density at radius 2 is 1.87 bits per heavy atom. The van der Waals surface area contributed by atoms with Gasteiger partial charge in [-0.3, -0.25) is 9.89 Å². The van der Waals surface area contributed by atoms with Crippen LogP contribution in [0.1, 0.15) is 50.7 Å². The van der Waals surface area contributed by atoms with Gasteiger partial charge in [-0.05, 0) is 57.7 Å². The molecule has 0 bridgehead atoms. The SMILES string of the molecule is CN=C(NCCCOC(C)c1ccccc1)NCC1(N2CCCC2)CCOCC1.I. The van der Waals surface area contributed by atoms with E-state index in [-0.39, 0.29) is 35.6 Å². The van der Waals surface area contributed by atoms with Crippen LogP contribution in [0, 0.1) is 0 Å². The molecule has 2 N–H and O–H groups in total. The zero-order valence-corrected chi connectivity index (χ0v) is 20.9. The highest BCUT2D eigenvalue weighted by Crippen LogP contribution is 2.30. The molecule has 0 aromatic heterocycles. The molecule has 1 aromatic carbocycles. The summed E-state index contributed by atoms with van der Waals surface area (Å²) < 4.78 is 11.6. The van der Waals surface area contributed by atoms with Gasteiger partial charge in [0.2, 0.25) is 0 Å². The van der Waals surface area contributed by atoms with Crippen molar-refractivity contribution in [1.82, 2.24) is 15.5 Å². The molecule has 2 aliphatic rings. The van der Waals surface area contributed by atoms with E-state index in [9.17, 15) is 0 Å². The Labute approximate surface area is 199 Å². The van der Waals surface area contributed by atoms with Gasteiger partial charge in [0.25, 0.3) is 0 Å². The number of guanidine groups is 1. The molecular formula is C23H39IN4O2. The van der Waals surface area contributed by atoms with Crippen molar-refractivity contribution in [3.8, 4) is 0 Å². The summed E-state index contributed by atoms with van der Waals surface area (Å²) >= 11 is 0. The number of halogens is 1. The Morgan fingerprint density at radius 1 is 1.17 bits per heavy atom. The normalized spacial score (nSPS) is 20.4. The average Bonchev–Trinajstić information content (AvgIpc) is 3.32. The van der Waals surface area contributed by atoms with Gasteiger partial charge in [0.1, 0.15) is 0 Å². The van der Waals surface area contributed by atoms with Crippen LogP contribution >= 0.6 is 24.0 Å². The number of benzene rings is 1. The summed E-state index contributed by atoms with van der Waals surface area (Å²) in [5, 5.41) is 7.02. The molecule has 2 heterocycles. The van der Waals surface area contributed by atoms with Crippen LogP contribution < -0.4 is 10.6 Å². The van der Waals surface area contributed by atoms with Crippen molar-refractivity contribution in [3.05, 3.63) is 35.9 Å². The summed E-state index contributed by atoms with van der Waals surface area (Å²) in [6.07, 6.45) is 5.91. The van der Waals surface area contributed by atoms with Crippen molar-refractivity contribution in [3.63, 3.8) is 0 Å². The number of ether oxygens (including phenoxy) is 2. The molecule has 0 aliphatic carbocycles. The molecule has 170 valence electrons. The lowest BCUT2D eigenvalue weighted by atomic mass is 9.88. The number of rotatable bonds is 9. The zero-order chi connectivity index (χ0) is 20.4. The number of nitrogens with one attached hydrogen (secondary N) is 2. The first-order valence-corrected chi connectivity index (χ1v) is 11.2. The van der Waals surface area contributed by atoms with Crippen LogP contribution in [0.5, 0.6) is 0 Å². The van der Waals surface area contributed by atoms with Gasteiger partial charge >= 0.3 is 0 Å². The second-order valence-corrected chi connectivity index (χ2v) is 8.16. The Bertz CT molecular complexity index is 617. The van der Waals surface area contributed by atoms with Gasteiger partial charge in [-0.15, -0.1) is 24.0 Å². The van der Waals surface area contributed by atoms with Gasteiger partial charge in [0.15, 0.2) is 5.96 Å². The van der Waals surface area contributed by atoms with Crippen molar-refractivity contribution in [2.45, 2.75) is 50.7 Å². The second kappa shape index (κ2) is 13.5. The standard InChI is InChI=1S/C23H38N4O2.HI/c1-20(21-9-4-3-5-10-21)29-16-8-13-25-22(24-2)26-19-23(11-17-28-18-12-23)27-14-6-7-15-27;/h3-5,9-10,20H,6-8,11-19H2,1-2H3,(H2,24,25,26);1H. The monoisotopic (exact) mass is 530 g/mol. The summed E-state index contributed by atoms with van der Waals surface area (Å²) in [5.74, 6) is 0.881. The number of hydrogen-bond acceptors (Lipinski definition) is 4. The van der Waals surface area contributed by atoms with E-state index in [2.05, 4.69) is 51.7 Å². The lowest BCUT2D eigenvalue weighted by Gasteiger charge is -2.45. The minimum Gasteiger partial charge on any atom is -0.381 e. The van der Waals surface area contributed by atoms with E-state index < -0.39 is 0 Å². The molecule has 1 atom stereocenters. The van der Waals surface area contributed by atoms with Crippen LogP contribution in [0.25, 0.3) is 0 Å². The highest BCUT2D eigenvalue weighted by Gasteiger charge is 2.39. The van der Waals surface area contributed by atoms with E-state index in [1.54, 1.807) is 0 Å². The minimum absolute atomic E-state index is 0. The van der Waals surface area contributed by atoms with Gasteiger partial charge in [-0.2, -0.15) is 0 Å². The second-order valence-electron chi connectivity index (χ2n) is 8.16. The lowest BCUT2D eigenvalue weighted by molar-refractivity contribution is -0.0164. The summed E-state index contributed by atoms with van der Waals surface area (Å²) in [4.78, 5) is 7.09. The van der Waals surface area contributed by atoms with Gasteiger partial charge in [0, 0.05) is 45.5 Å². The van der Waals surface area contributed by atoms with Crippen LogP contribution in [0.2, 0.25) is 0 Å². The van der Waals surface area contributed by atoms with Crippen LogP contribution in [0.3, 0.4) is 0 Å². The largest absolute Gasteiger partial charge is 0.381 e. The molecule has 30 heavy (non-hydrogen) atoms. The summed E-state index contributed by atoms with van der Waals surface area (Å²) in [6, 6.07) is 10.4. The molecule has 7 heteroatoms. The van der Waals surface area contributed by atoms with E-state index in [1.165, 1.54) is 31.5 Å². The third kappa shape index (κ3) is 7.35. The molecule has 2 saturated heterocycles. The van der Waals surface area contributed by atoms with Gasteiger partial charge in [-0.25, -0.2) is 0 Å². The smallest absolute Gasteiger partial charge is 0.191 e. The van der Waals surface area contributed by atoms with E-state index >= 15 is 0 Å². The molecule has 3 rings (SSSR count). The summed E-state index contributed by atoms with van der Waals surface area (Å²) in [6.45, 7) is 8.76. The van der Waals surface area contributed by atoms with Crippen molar-refractivity contribution >= 4 is 29.9 Å². The molecular weight excluding hydrogens is 491 g/mol. The number of aliphatic imine (C=N–C) groups is 1. The topological polar surface area (TPSA) is 58.1 Å². The average molecular weight is 530 g/mol. The predicted molar refractivity (Wildman–Crippen MR) is 134 cm³/mol. The Hall–Kier alpha value is -0.900. The molecule has 1 unspecified atom stereocenters. The number of hydrogen-bond donors (Lipinski definition) is 2. The first-order valence-electron chi connectivity index (χ1n) is 11.2. The fourth-order valence-corrected chi connectivity index (χ4v) is 4.38. The molecule has 2 aliphatic heterocycles. The minimum atomic E-state index is 0. The van der Waals surface area contributed by atoms with E-state index in [0.29, 0.717) is 0 Å². The van der Waals surface area contributed by atoms with Crippen LogP contribution in [-0.2, 0) is 9.47 Å². The molecule has 0 amide bonds. The first-order chi connectivity index (χ1) is 14.2. The van der Waals surface area contributed by atoms with E-state index in [0.717, 1.165) is 58.1 Å². The Kier molecular flexibility index (Phi) is 11.4. The summed E-state index contributed by atoms with van der Waals surface area (Å²) in [5.41, 5.74) is 1.43. The maximum atomic E-state index is 5.96. The maximum absolute atomic E-state index is 5.96. The van der Waals surface area contributed by atoms with Crippen molar-refractivity contribution in [2.24, 2.45) is 4.99 Å². The van der Waals surface area contributed by atoms with Gasteiger partial charge in [-0.1, -0.05) is 30.3 Å². The van der Waals surface area contributed by atoms with E-state index in [1.807, 2.05) is 13.1 Å². The number of likely N-dealkylation sites (tertiary alicyclic amines) is 1. The first kappa shape index (κ1) is 25.4. The summed E-state index contributed by atoms with van der Waals surface area (Å²) in [7, 11) is 1.84. The Morgan fingerprint density at radius 3 is 2.53 bits per heavy atom. The third-order valence-electron chi connectivity index (χ3n) is 6.26. The molecule has 0 radical (unpaired) electrons. The van der Waals surface area contributed by atoms with Crippen molar-refractivity contribution in [1.29, 1.82) is 0 Å². The fraction of sp³-hybridized carbons (Fsp3) is 0.696. The molecule has 0 saturated carbocycles. The number of nitrogens with zero attached hydrogens (tertiary/aromatic N) is 2.